The van der Waals surface area contributed by atoms with Gasteiger partial charge in [0, 0.05) is 25.4 Å². The second kappa shape index (κ2) is 12.5. The Balaban J connectivity index is 0.000000487. The summed E-state index contributed by atoms with van der Waals surface area (Å²) in [6.45, 7) is 2.61. The lowest BCUT2D eigenvalue weighted by Gasteiger charge is -2.09. The molecule has 0 radical (unpaired) electrons. The van der Waals surface area contributed by atoms with Gasteiger partial charge in [-0.15, -0.1) is 0 Å². The number of aromatic nitrogens is 1. The normalized spacial score (nSPS) is 9.58. The van der Waals surface area contributed by atoms with Crippen molar-refractivity contribution in [1.29, 1.82) is 0 Å². The van der Waals surface area contributed by atoms with E-state index < -0.39 is 11.9 Å². The topological polar surface area (TPSA) is 118 Å². The summed E-state index contributed by atoms with van der Waals surface area (Å²) in [4.78, 5) is 22.3. The van der Waals surface area contributed by atoms with Gasteiger partial charge in [-0.3, -0.25) is 0 Å². The lowest BCUT2D eigenvalue weighted by atomic mass is 10.3. The van der Waals surface area contributed by atoms with Gasteiger partial charge in [-0.05, 0) is 18.2 Å². The molecule has 0 amide bonds. The van der Waals surface area contributed by atoms with E-state index in [2.05, 4.69) is 10.3 Å². The summed E-state index contributed by atoms with van der Waals surface area (Å²) in [7, 11) is 0. The highest BCUT2D eigenvalue weighted by molar-refractivity contribution is 6.32. The van der Waals surface area contributed by atoms with Gasteiger partial charge in [-0.2, -0.15) is 0 Å². The van der Waals surface area contributed by atoms with E-state index in [1.165, 1.54) is 0 Å². The van der Waals surface area contributed by atoms with Crippen LogP contribution in [0.1, 0.15) is 0 Å². The van der Waals surface area contributed by atoms with Crippen molar-refractivity contribution in [2.75, 3.05) is 26.3 Å². The van der Waals surface area contributed by atoms with Crippen molar-refractivity contribution in [2.45, 2.75) is 0 Å². The number of para-hydroxylation sites is 1. The van der Waals surface area contributed by atoms with Gasteiger partial charge in [0.05, 0.1) is 5.02 Å². The van der Waals surface area contributed by atoms with Crippen LogP contribution in [0.25, 0.3) is 0 Å². The van der Waals surface area contributed by atoms with Crippen molar-refractivity contribution in [3.63, 3.8) is 0 Å². The average Bonchev–Trinajstić information content (AvgIpc) is 2.63. The Hall–Kier alpha value is -2.84. The Morgan fingerprint density at radius 3 is 2.15 bits per heavy atom. The highest BCUT2D eigenvalue weighted by Crippen LogP contribution is 2.22. The summed E-state index contributed by atoms with van der Waals surface area (Å²) in [5.74, 6) is -2.30. The first-order chi connectivity index (χ1) is 12.5. The van der Waals surface area contributed by atoms with Crippen LogP contribution in [0.4, 0.5) is 0 Å². The number of carboxylic acid groups (broad SMARTS) is 2. The third-order valence-corrected chi connectivity index (χ3v) is 3.03. The Bertz CT molecular complexity index is 672. The maximum Gasteiger partial charge on any atom is 0.414 e. The van der Waals surface area contributed by atoms with Gasteiger partial charge in [0.15, 0.2) is 0 Å². The van der Waals surface area contributed by atoms with Crippen LogP contribution in [0.3, 0.4) is 0 Å². The Morgan fingerprint density at radius 1 is 0.962 bits per heavy atom. The molecule has 140 valence electrons. The number of ether oxygens (including phenoxy) is 2. The van der Waals surface area contributed by atoms with Crippen LogP contribution in [-0.2, 0) is 9.59 Å². The molecule has 1 heterocycles. The smallest absolute Gasteiger partial charge is 0.414 e. The minimum absolute atomic E-state index is 0.563. The summed E-state index contributed by atoms with van der Waals surface area (Å²) in [5.41, 5.74) is 0. The number of benzene rings is 1. The molecule has 1 aromatic carbocycles. The van der Waals surface area contributed by atoms with E-state index in [1.54, 1.807) is 6.20 Å². The van der Waals surface area contributed by atoms with E-state index in [9.17, 15) is 0 Å². The van der Waals surface area contributed by atoms with E-state index in [0.29, 0.717) is 29.9 Å². The number of nitrogens with zero attached hydrogens (tertiary/aromatic N) is 1. The molecule has 0 atom stereocenters. The van der Waals surface area contributed by atoms with E-state index in [4.69, 9.17) is 40.9 Å². The highest BCUT2D eigenvalue weighted by Gasteiger charge is 2.04. The first-order valence-electron chi connectivity index (χ1n) is 7.58. The number of nitrogens with one attached hydrogen (secondary N) is 1. The van der Waals surface area contributed by atoms with Crippen molar-refractivity contribution in [3.8, 4) is 11.6 Å². The molecule has 3 N–H and O–H groups in total. The number of carbonyl (C=O) groups is 2. The van der Waals surface area contributed by atoms with Crippen molar-refractivity contribution in [1.82, 2.24) is 10.3 Å². The Labute approximate surface area is 155 Å². The predicted octanol–water partition coefficient (Wildman–Crippen LogP) is 1.94. The first kappa shape index (κ1) is 21.2. The molecular weight excluding hydrogens is 364 g/mol. The molecule has 1 aromatic heterocycles. The Morgan fingerprint density at radius 2 is 1.58 bits per heavy atom. The Kier molecular flexibility index (Phi) is 10.2. The summed E-state index contributed by atoms with van der Waals surface area (Å²) in [6, 6.07) is 13.0. The molecule has 0 bridgehead atoms. The maximum absolute atomic E-state index is 9.10. The molecule has 0 fully saturated rings. The van der Waals surface area contributed by atoms with Crippen molar-refractivity contribution in [2.24, 2.45) is 0 Å². The van der Waals surface area contributed by atoms with Crippen LogP contribution in [-0.4, -0.2) is 53.4 Å². The van der Waals surface area contributed by atoms with Crippen LogP contribution in [0.2, 0.25) is 5.02 Å². The third-order valence-electron chi connectivity index (χ3n) is 2.72. The number of halogens is 1. The number of hydrogen-bond donors (Lipinski definition) is 3. The molecule has 26 heavy (non-hydrogen) atoms. The number of carboxylic acids is 2. The average molecular weight is 383 g/mol. The molecule has 0 aliphatic carbocycles. The van der Waals surface area contributed by atoms with Gasteiger partial charge in [0.1, 0.15) is 19.0 Å². The molecule has 2 aromatic rings. The van der Waals surface area contributed by atoms with Gasteiger partial charge in [0.2, 0.25) is 5.88 Å². The summed E-state index contributed by atoms with van der Waals surface area (Å²) < 4.78 is 11.0. The van der Waals surface area contributed by atoms with E-state index in [-0.39, 0.29) is 0 Å². The van der Waals surface area contributed by atoms with Crippen LogP contribution in [0.15, 0.2) is 48.7 Å². The summed E-state index contributed by atoms with van der Waals surface area (Å²) >= 11 is 5.98. The van der Waals surface area contributed by atoms with Crippen LogP contribution >= 0.6 is 11.6 Å². The maximum atomic E-state index is 9.10. The fourth-order valence-electron chi connectivity index (χ4n) is 1.58. The molecule has 0 spiro atoms. The fraction of sp³-hybridized carbons (Fsp3) is 0.235. The minimum Gasteiger partial charge on any atom is -0.491 e. The quantitative estimate of drug-likeness (QED) is 0.468. The number of rotatable bonds is 8. The zero-order valence-electron chi connectivity index (χ0n) is 13.8. The van der Waals surface area contributed by atoms with Gasteiger partial charge in [-0.25, -0.2) is 14.6 Å². The fourth-order valence-corrected chi connectivity index (χ4v) is 1.77. The second-order valence-corrected chi connectivity index (χ2v) is 5.06. The van der Waals surface area contributed by atoms with Crippen molar-refractivity contribution in [3.05, 3.63) is 53.7 Å². The monoisotopic (exact) mass is 382 g/mol. The lowest BCUT2D eigenvalue weighted by molar-refractivity contribution is -0.159. The van der Waals surface area contributed by atoms with Crippen LogP contribution in [0, 0.1) is 0 Å². The van der Waals surface area contributed by atoms with Gasteiger partial charge in [-0.1, -0.05) is 29.8 Å². The van der Waals surface area contributed by atoms with Crippen LogP contribution in [0.5, 0.6) is 11.6 Å². The molecule has 0 saturated heterocycles. The summed E-state index contributed by atoms with van der Waals surface area (Å²) in [6.07, 6.45) is 1.71. The standard InChI is InChI=1S/C15H17ClN2O2.C2H2O4/c16-13-5-1-2-6-14(13)19-11-9-17-10-12-20-15-7-3-4-8-18-15;3-1(4)2(5)6/h1-8,17H,9-12H2;(H,3,4)(H,5,6). The molecule has 0 aliphatic rings. The van der Waals surface area contributed by atoms with E-state index in [1.807, 2.05) is 42.5 Å². The van der Waals surface area contributed by atoms with Gasteiger partial charge >= 0.3 is 11.9 Å². The van der Waals surface area contributed by atoms with Gasteiger partial charge in [0.25, 0.3) is 0 Å². The first-order valence-corrected chi connectivity index (χ1v) is 7.96. The minimum atomic E-state index is -1.82. The molecule has 0 unspecified atom stereocenters. The highest BCUT2D eigenvalue weighted by atomic mass is 35.5. The van der Waals surface area contributed by atoms with Crippen molar-refractivity contribution < 1.29 is 29.3 Å². The third kappa shape index (κ3) is 9.45. The van der Waals surface area contributed by atoms with E-state index >= 15 is 0 Å². The molecule has 2 rings (SSSR count). The number of hydrogen-bond acceptors (Lipinski definition) is 6. The summed E-state index contributed by atoms with van der Waals surface area (Å²) in [5, 5.41) is 18.6. The molecular formula is C17H19ClN2O6. The molecule has 0 saturated carbocycles. The zero-order valence-corrected chi connectivity index (χ0v) is 14.6. The second-order valence-electron chi connectivity index (χ2n) is 4.66. The zero-order chi connectivity index (χ0) is 19.2. The largest absolute Gasteiger partial charge is 0.491 e. The van der Waals surface area contributed by atoms with Crippen molar-refractivity contribution >= 4 is 23.5 Å². The molecule has 9 heteroatoms. The number of pyridine rings is 1. The predicted molar refractivity (Wildman–Crippen MR) is 94.8 cm³/mol. The van der Waals surface area contributed by atoms with Crippen LogP contribution < -0.4 is 14.8 Å². The number of aliphatic carboxylic acids is 2. The SMILES string of the molecule is Clc1ccccc1OCCNCCOc1ccccn1.O=C(O)C(=O)O. The molecule has 0 aliphatic heterocycles. The lowest BCUT2D eigenvalue weighted by Crippen LogP contribution is -2.26. The molecule has 8 nitrogen and oxygen atoms in total. The van der Waals surface area contributed by atoms with Gasteiger partial charge < -0.3 is 25.0 Å². The van der Waals surface area contributed by atoms with E-state index in [0.717, 1.165) is 13.1 Å².